The number of ether oxygens (including phenoxy) is 2. The Morgan fingerprint density at radius 1 is 1.28 bits per heavy atom. The molecule has 5 nitrogen and oxygen atoms in total. The summed E-state index contributed by atoms with van der Waals surface area (Å²) >= 11 is 0. The van der Waals surface area contributed by atoms with E-state index >= 15 is 0 Å². The van der Waals surface area contributed by atoms with E-state index < -0.39 is 5.97 Å². The lowest BCUT2D eigenvalue weighted by molar-refractivity contribution is -0.132. The molecule has 5 heteroatoms. The lowest BCUT2D eigenvalue weighted by Gasteiger charge is -2.29. The van der Waals surface area contributed by atoms with Gasteiger partial charge in [-0.15, -0.1) is 0 Å². The topological polar surface area (TPSA) is 65.0 Å². The molecule has 1 saturated carbocycles. The average molecular weight is 253 g/mol. The first-order chi connectivity index (χ1) is 8.61. The van der Waals surface area contributed by atoms with Crippen molar-refractivity contribution in [3.05, 3.63) is 0 Å². The van der Waals surface area contributed by atoms with Gasteiger partial charge in [0.2, 0.25) is 0 Å². The van der Waals surface area contributed by atoms with Crippen LogP contribution in [0, 0.1) is 11.8 Å². The van der Waals surface area contributed by atoms with Crippen molar-refractivity contribution in [1.29, 1.82) is 0 Å². The SMILES string of the molecule is COC(=O)C1=NC(C2CCC(C(C)=O)CC2)OC1. The number of hydrogen-bond donors (Lipinski definition) is 0. The van der Waals surface area contributed by atoms with Crippen molar-refractivity contribution < 1.29 is 19.1 Å². The number of carbonyl (C=O) groups excluding carboxylic acids is 2. The highest BCUT2D eigenvalue weighted by molar-refractivity contribution is 6.37. The van der Waals surface area contributed by atoms with E-state index in [0.29, 0.717) is 11.6 Å². The molecule has 2 rings (SSSR count). The maximum atomic E-state index is 11.3. The van der Waals surface area contributed by atoms with E-state index in [2.05, 4.69) is 9.73 Å². The van der Waals surface area contributed by atoms with E-state index in [9.17, 15) is 9.59 Å². The molecular formula is C13H19NO4. The molecular weight excluding hydrogens is 234 g/mol. The van der Waals surface area contributed by atoms with Crippen LogP contribution in [0.3, 0.4) is 0 Å². The highest BCUT2D eigenvalue weighted by Gasteiger charge is 2.33. The molecule has 100 valence electrons. The first kappa shape index (κ1) is 13.2. The number of Topliss-reactive ketones (excluding diaryl/α,β-unsaturated/α-hetero) is 1. The monoisotopic (exact) mass is 253 g/mol. The van der Waals surface area contributed by atoms with Crippen molar-refractivity contribution in [1.82, 2.24) is 0 Å². The van der Waals surface area contributed by atoms with Gasteiger partial charge in [-0.2, -0.15) is 0 Å². The van der Waals surface area contributed by atoms with Gasteiger partial charge in [0.15, 0.2) is 6.23 Å². The fourth-order valence-corrected chi connectivity index (χ4v) is 2.67. The molecule has 0 amide bonds. The lowest BCUT2D eigenvalue weighted by atomic mass is 9.79. The van der Waals surface area contributed by atoms with Gasteiger partial charge in [0.05, 0.1) is 13.7 Å². The van der Waals surface area contributed by atoms with Gasteiger partial charge in [-0.3, -0.25) is 4.79 Å². The molecule has 18 heavy (non-hydrogen) atoms. The maximum Gasteiger partial charge on any atom is 0.354 e. The number of aliphatic imine (C=N–C) groups is 1. The Bertz CT molecular complexity index is 369. The molecule has 1 atom stereocenters. The Labute approximate surface area is 107 Å². The number of ketones is 1. The zero-order valence-corrected chi connectivity index (χ0v) is 10.8. The predicted molar refractivity (Wildman–Crippen MR) is 65.3 cm³/mol. The van der Waals surface area contributed by atoms with Gasteiger partial charge < -0.3 is 9.47 Å². The minimum atomic E-state index is -0.407. The summed E-state index contributed by atoms with van der Waals surface area (Å²) in [6, 6.07) is 0. The summed E-state index contributed by atoms with van der Waals surface area (Å²) in [5.41, 5.74) is 0.371. The van der Waals surface area contributed by atoms with E-state index in [1.807, 2.05) is 0 Å². The minimum absolute atomic E-state index is 0.201. The van der Waals surface area contributed by atoms with Crippen molar-refractivity contribution in [3.8, 4) is 0 Å². The molecule has 0 spiro atoms. The van der Waals surface area contributed by atoms with E-state index in [-0.39, 0.29) is 24.5 Å². The third-order valence-corrected chi connectivity index (χ3v) is 3.84. The molecule has 0 radical (unpaired) electrons. The quantitative estimate of drug-likeness (QED) is 0.712. The van der Waals surface area contributed by atoms with Crippen LogP contribution < -0.4 is 0 Å². The van der Waals surface area contributed by atoms with Crippen molar-refractivity contribution in [2.75, 3.05) is 13.7 Å². The van der Waals surface area contributed by atoms with Crippen molar-refractivity contribution >= 4 is 17.5 Å². The second kappa shape index (κ2) is 5.61. The minimum Gasteiger partial charge on any atom is -0.464 e. The third kappa shape index (κ3) is 2.77. The predicted octanol–water partition coefficient (Wildman–Crippen LogP) is 1.35. The maximum absolute atomic E-state index is 11.3. The Morgan fingerprint density at radius 3 is 2.50 bits per heavy atom. The first-order valence-corrected chi connectivity index (χ1v) is 6.39. The Balaban J connectivity index is 1.90. The first-order valence-electron chi connectivity index (χ1n) is 6.39. The highest BCUT2D eigenvalue weighted by atomic mass is 16.5. The molecule has 0 aromatic rings. The number of hydrogen-bond acceptors (Lipinski definition) is 5. The summed E-state index contributed by atoms with van der Waals surface area (Å²) in [4.78, 5) is 26.9. The number of rotatable bonds is 3. The smallest absolute Gasteiger partial charge is 0.354 e. The van der Waals surface area contributed by atoms with Crippen molar-refractivity contribution in [2.24, 2.45) is 16.8 Å². The molecule has 0 saturated heterocycles. The summed E-state index contributed by atoms with van der Waals surface area (Å²) in [6.45, 7) is 1.90. The molecule has 2 aliphatic rings. The standard InChI is InChI=1S/C13H19NO4/c1-8(15)9-3-5-10(6-4-9)12-14-11(7-18-12)13(16)17-2/h9-10,12H,3-7H2,1-2H3. The number of methoxy groups -OCH3 is 1. The van der Waals surface area contributed by atoms with E-state index in [1.54, 1.807) is 6.92 Å². The van der Waals surface area contributed by atoms with Gasteiger partial charge in [-0.05, 0) is 32.6 Å². The van der Waals surface area contributed by atoms with Crippen molar-refractivity contribution in [2.45, 2.75) is 38.8 Å². The second-order valence-electron chi connectivity index (χ2n) is 4.99. The summed E-state index contributed by atoms with van der Waals surface area (Å²) < 4.78 is 10.2. The Morgan fingerprint density at radius 2 is 1.94 bits per heavy atom. The molecule has 1 aliphatic carbocycles. The fourth-order valence-electron chi connectivity index (χ4n) is 2.67. The van der Waals surface area contributed by atoms with Crippen LogP contribution in [0.1, 0.15) is 32.6 Å². The van der Waals surface area contributed by atoms with Crippen LogP contribution in [0.25, 0.3) is 0 Å². The second-order valence-corrected chi connectivity index (χ2v) is 4.99. The summed E-state index contributed by atoms with van der Waals surface area (Å²) in [7, 11) is 1.34. The van der Waals surface area contributed by atoms with E-state index in [4.69, 9.17) is 4.74 Å². The molecule has 1 unspecified atom stereocenters. The van der Waals surface area contributed by atoms with E-state index in [1.165, 1.54) is 7.11 Å². The Hall–Kier alpha value is -1.23. The zero-order chi connectivity index (χ0) is 13.1. The molecule has 0 N–H and O–H groups in total. The number of esters is 1. The molecule has 1 fully saturated rings. The molecule has 0 bridgehead atoms. The van der Waals surface area contributed by atoms with Gasteiger partial charge in [-0.25, -0.2) is 9.79 Å². The van der Waals surface area contributed by atoms with Gasteiger partial charge in [0, 0.05) is 11.8 Å². The van der Waals surface area contributed by atoms with Gasteiger partial charge in [0.1, 0.15) is 11.5 Å². The van der Waals surface area contributed by atoms with Crippen LogP contribution in [-0.2, 0) is 19.1 Å². The molecule has 1 aliphatic heterocycles. The highest BCUT2D eigenvalue weighted by Crippen LogP contribution is 2.34. The summed E-state index contributed by atoms with van der Waals surface area (Å²) in [5.74, 6) is 0.393. The zero-order valence-electron chi connectivity index (χ0n) is 10.8. The van der Waals surface area contributed by atoms with Gasteiger partial charge >= 0.3 is 5.97 Å². The van der Waals surface area contributed by atoms with E-state index in [0.717, 1.165) is 25.7 Å². The summed E-state index contributed by atoms with van der Waals surface area (Å²) in [6.07, 6.45) is 3.46. The molecule has 1 heterocycles. The Kier molecular flexibility index (Phi) is 4.11. The third-order valence-electron chi connectivity index (χ3n) is 3.84. The lowest BCUT2D eigenvalue weighted by Crippen LogP contribution is -2.27. The van der Waals surface area contributed by atoms with Crippen LogP contribution in [0.2, 0.25) is 0 Å². The van der Waals surface area contributed by atoms with Crippen LogP contribution in [-0.4, -0.2) is 37.4 Å². The van der Waals surface area contributed by atoms with Crippen LogP contribution in [0.4, 0.5) is 0 Å². The largest absolute Gasteiger partial charge is 0.464 e. The van der Waals surface area contributed by atoms with Crippen LogP contribution in [0.15, 0.2) is 4.99 Å². The number of nitrogens with zero attached hydrogens (tertiary/aromatic N) is 1. The normalized spacial score (nSPS) is 31.9. The van der Waals surface area contributed by atoms with Crippen LogP contribution >= 0.6 is 0 Å². The summed E-state index contributed by atoms with van der Waals surface area (Å²) in [5, 5.41) is 0. The van der Waals surface area contributed by atoms with Gasteiger partial charge in [0.25, 0.3) is 0 Å². The fraction of sp³-hybridized carbons (Fsp3) is 0.769. The molecule has 0 aromatic carbocycles. The van der Waals surface area contributed by atoms with Crippen molar-refractivity contribution in [3.63, 3.8) is 0 Å². The van der Waals surface area contributed by atoms with Crippen LogP contribution in [0.5, 0.6) is 0 Å². The van der Waals surface area contributed by atoms with Gasteiger partial charge in [-0.1, -0.05) is 0 Å². The molecule has 0 aromatic heterocycles. The number of carbonyl (C=O) groups is 2. The average Bonchev–Trinajstić information content (AvgIpc) is 2.87.